The largest absolute Gasteiger partial charge is 0.349 e. The Balaban J connectivity index is 1.60. The second kappa shape index (κ2) is 7.66. The molecule has 1 aliphatic rings. The van der Waals surface area contributed by atoms with E-state index in [9.17, 15) is 4.79 Å². The Morgan fingerprint density at radius 3 is 3.12 bits per heavy atom. The smallest absolute Gasteiger partial charge is 0.230 e. The summed E-state index contributed by atoms with van der Waals surface area (Å²) < 4.78 is 1.96. The van der Waals surface area contributed by atoms with E-state index >= 15 is 0 Å². The number of hydrogen-bond acceptors (Lipinski definition) is 4. The summed E-state index contributed by atoms with van der Waals surface area (Å²) in [6.07, 6.45) is 5.02. The normalized spacial score (nSPS) is 16.5. The molecule has 0 radical (unpaired) electrons. The maximum Gasteiger partial charge on any atom is 0.230 e. The molecule has 0 aliphatic heterocycles. The van der Waals surface area contributed by atoms with Gasteiger partial charge in [0.2, 0.25) is 5.91 Å². The number of nitrogens with one attached hydrogen (secondary N) is 1. The van der Waals surface area contributed by atoms with E-state index in [-0.39, 0.29) is 11.9 Å². The summed E-state index contributed by atoms with van der Waals surface area (Å²) in [5.74, 6) is 1.21. The number of rotatable bonds is 6. The highest BCUT2D eigenvalue weighted by atomic mass is 32.2. The monoisotopic (exact) mass is 342 g/mol. The molecule has 1 unspecified atom stereocenters. The van der Waals surface area contributed by atoms with E-state index in [0.29, 0.717) is 12.3 Å². The van der Waals surface area contributed by atoms with Crippen LogP contribution < -0.4 is 5.32 Å². The van der Waals surface area contributed by atoms with Gasteiger partial charge < -0.3 is 9.88 Å². The average molecular weight is 342 g/mol. The van der Waals surface area contributed by atoms with Gasteiger partial charge in [0.15, 0.2) is 5.16 Å². The van der Waals surface area contributed by atoms with E-state index in [2.05, 4.69) is 40.3 Å². The lowest BCUT2D eigenvalue weighted by Gasteiger charge is -2.26. The van der Waals surface area contributed by atoms with Crippen LogP contribution in [0.2, 0.25) is 0 Å². The zero-order valence-corrected chi connectivity index (χ0v) is 14.7. The van der Waals surface area contributed by atoms with E-state index in [4.69, 9.17) is 0 Å². The molecular formula is C18H22N4OS. The molecule has 0 fully saturated rings. The predicted molar refractivity (Wildman–Crippen MR) is 95.9 cm³/mol. The molecule has 2 aromatic rings. The number of fused-ring (bicyclic) bond motifs is 1. The molecule has 0 saturated heterocycles. The lowest BCUT2D eigenvalue weighted by atomic mass is 9.88. The van der Waals surface area contributed by atoms with Crippen LogP contribution >= 0.6 is 11.8 Å². The number of thioether (sulfide) groups is 1. The highest BCUT2D eigenvalue weighted by molar-refractivity contribution is 7.99. The van der Waals surface area contributed by atoms with Crippen molar-refractivity contribution >= 4 is 17.7 Å². The van der Waals surface area contributed by atoms with Crippen molar-refractivity contribution in [1.82, 2.24) is 20.1 Å². The van der Waals surface area contributed by atoms with Crippen molar-refractivity contribution in [2.75, 3.05) is 5.75 Å². The lowest BCUT2D eigenvalue weighted by molar-refractivity contribution is -0.119. The van der Waals surface area contributed by atoms with Gasteiger partial charge in [-0.3, -0.25) is 4.79 Å². The number of allylic oxidation sites excluding steroid dienone is 1. The maximum atomic E-state index is 12.4. The number of nitrogens with zero attached hydrogens (tertiary/aromatic N) is 3. The maximum absolute atomic E-state index is 12.4. The molecule has 0 bridgehead atoms. The Hall–Kier alpha value is -2.08. The summed E-state index contributed by atoms with van der Waals surface area (Å²) in [7, 11) is 0. The minimum absolute atomic E-state index is 0.0347. The molecule has 1 amide bonds. The molecule has 3 rings (SSSR count). The average Bonchev–Trinajstić information content (AvgIpc) is 2.94. The van der Waals surface area contributed by atoms with Crippen LogP contribution in [-0.4, -0.2) is 26.4 Å². The SMILES string of the molecule is C=CCn1c(C)nnc1SCC(=O)NC1CCCc2ccccc21. The summed E-state index contributed by atoms with van der Waals surface area (Å²) in [5.41, 5.74) is 2.61. The number of benzene rings is 1. The summed E-state index contributed by atoms with van der Waals surface area (Å²) in [4.78, 5) is 12.4. The number of hydrogen-bond donors (Lipinski definition) is 1. The molecule has 0 saturated carbocycles. The van der Waals surface area contributed by atoms with Crippen molar-refractivity contribution in [2.24, 2.45) is 0 Å². The third-order valence-corrected chi connectivity index (χ3v) is 5.22. The van der Waals surface area contributed by atoms with Gasteiger partial charge in [0.25, 0.3) is 0 Å². The molecule has 1 heterocycles. The Kier molecular flexibility index (Phi) is 5.35. The van der Waals surface area contributed by atoms with E-state index in [1.54, 1.807) is 6.08 Å². The molecule has 126 valence electrons. The predicted octanol–water partition coefficient (Wildman–Crippen LogP) is 3.06. The van der Waals surface area contributed by atoms with E-state index in [0.717, 1.165) is 30.2 Å². The van der Waals surface area contributed by atoms with E-state index in [1.165, 1.54) is 22.9 Å². The third-order valence-electron chi connectivity index (χ3n) is 4.25. The Morgan fingerprint density at radius 1 is 1.46 bits per heavy atom. The van der Waals surface area contributed by atoms with Crippen LogP contribution in [0, 0.1) is 6.92 Å². The number of amides is 1. The van der Waals surface area contributed by atoms with Crippen LogP contribution in [0.1, 0.15) is 35.8 Å². The molecule has 24 heavy (non-hydrogen) atoms. The third kappa shape index (κ3) is 3.70. The van der Waals surface area contributed by atoms with Gasteiger partial charge in [0, 0.05) is 6.54 Å². The molecule has 1 atom stereocenters. The number of aromatic nitrogens is 3. The summed E-state index contributed by atoms with van der Waals surface area (Å²) in [6, 6.07) is 8.50. The summed E-state index contributed by atoms with van der Waals surface area (Å²) in [5, 5.41) is 12.1. The molecular weight excluding hydrogens is 320 g/mol. The first-order valence-corrected chi connectivity index (χ1v) is 9.18. The van der Waals surface area contributed by atoms with Gasteiger partial charge in [-0.15, -0.1) is 16.8 Å². The second-order valence-electron chi connectivity index (χ2n) is 5.93. The van der Waals surface area contributed by atoms with Crippen molar-refractivity contribution in [3.63, 3.8) is 0 Å². The van der Waals surface area contributed by atoms with Crippen LogP contribution in [0.3, 0.4) is 0 Å². The topological polar surface area (TPSA) is 59.8 Å². The van der Waals surface area contributed by atoms with Gasteiger partial charge in [0.05, 0.1) is 11.8 Å². The number of aryl methyl sites for hydroxylation is 2. The van der Waals surface area contributed by atoms with Crippen molar-refractivity contribution in [3.05, 3.63) is 53.9 Å². The van der Waals surface area contributed by atoms with Gasteiger partial charge in [-0.05, 0) is 37.3 Å². The van der Waals surface area contributed by atoms with Crippen LogP contribution in [0.4, 0.5) is 0 Å². The van der Waals surface area contributed by atoms with Gasteiger partial charge in [-0.2, -0.15) is 0 Å². The second-order valence-corrected chi connectivity index (χ2v) is 6.87. The van der Waals surface area contributed by atoms with E-state index in [1.807, 2.05) is 17.6 Å². The first kappa shape index (κ1) is 16.8. The van der Waals surface area contributed by atoms with Crippen LogP contribution in [-0.2, 0) is 17.8 Å². The fraction of sp³-hybridized carbons (Fsp3) is 0.389. The van der Waals surface area contributed by atoms with Gasteiger partial charge >= 0.3 is 0 Å². The highest BCUT2D eigenvalue weighted by Crippen LogP contribution is 2.29. The van der Waals surface area contributed by atoms with Gasteiger partial charge in [0.1, 0.15) is 5.82 Å². The zero-order valence-electron chi connectivity index (χ0n) is 13.9. The standard InChI is InChI=1S/C18H22N4OS/c1-3-11-22-13(2)20-21-18(22)24-12-17(23)19-16-10-6-8-14-7-4-5-9-15(14)16/h3-5,7,9,16H,1,6,8,10-12H2,2H3,(H,19,23). The van der Waals surface area contributed by atoms with Crippen LogP contribution in [0.25, 0.3) is 0 Å². The fourth-order valence-corrected chi connectivity index (χ4v) is 3.88. The minimum atomic E-state index is 0.0347. The van der Waals surface area contributed by atoms with Crippen molar-refractivity contribution in [3.8, 4) is 0 Å². The first-order valence-electron chi connectivity index (χ1n) is 8.19. The molecule has 1 aliphatic carbocycles. The first-order chi connectivity index (χ1) is 11.7. The lowest BCUT2D eigenvalue weighted by Crippen LogP contribution is -2.32. The zero-order chi connectivity index (χ0) is 16.9. The Morgan fingerprint density at radius 2 is 2.29 bits per heavy atom. The fourth-order valence-electron chi connectivity index (χ4n) is 3.08. The van der Waals surface area contributed by atoms with Crippen molar-refractivity contribution in [1.29, 1.82) is 0 Å². The molecule has 1 aromatic carbocycles. The number of carbonyl (C=O) groups is 1. The van der Waals surface area contributed by atoms with Crippen molar-refractivity contribution in [2.45, 2.75) is 43.9 Å². The highest BCUT2D eigenvalue weighted by Gasteiger charge is 2.21. The van der Waals surface area contributed by atoms with Crippen molar-refractivity contribution < 1.29 is 4.79 Å². The molecule has 0 spiro atoms. The molecule has 5 nitrogen and oxygen atoms in total. The van der Waals surface area contributed by atoms with Gasteiger partial charge in [-0.25, -0.2) is 0 Å². The van der Waals surface area contributed by atoms with Crippen LogP contribution in [0.15, 0.2) is 42.1 Å². The van der Waals surface area contributed by atoms with Crippen LogP contribution in [0.5, 0.6) is 0 Å². The Labute approximate surface area is 146 Å². The summed E-state index contributed by atoms with van der Waals surface area (Å²) >= 11 is 1.42. The van der Waals surface area contributed by atoms with E-state index < -0.39 is 0 Å². The molecule has 1 aromatic heterocycles. The summed E-state index contributed by atoms with van der Waals surface area (Å²) in [6.45, 7) is 6.30. The number of carbonyl (C=O) groups excluding carboxylic acids is 1. The Bertz CT molecular complexity index is 740. The van der Waals surface area contributed by atoms with Gasteiger partial charge in [-0.1, -0.05) is 42.1 Å². The minimum Gasteiger partial charge on any atom is -0.349 e. The molecule has 6 heteroatoms. The molecule has 1 N–H and O–H groups in total. The quantitative estimate of drug-likeness (QED) is 0.647.